The van der Waals surface area contributed by atoms with Gasteiger partial charge in [-0.2, -0.15) is 0 Å². The first kappa shape index (κ1) is 14.1. The van der Waals surface area contributed by atoms with E-state index in [0.29, 0.717) is 31.9 Å². The number of anilines is 1. The maximum absolute atomic E-state index is 15.2. The molecule has 5 nitrogen and oxygen atoms in total. The standard InChI is InChI=1S/C13H20FN3O2S/c1-18-6-5-16-4-2-3-13(14,9-16)17-7-10-11(19-17)8-20-12(10)15/h8H,2-7,9,15H2,1H3/t13-/m0/s1. The summed E-state index contributed by atoms with van der Waals surface area (Å²) in [5.74, 6) is -0.742. The summed E-state index contributed by atoms with van der Waals surface area (Å²) in [5, 5.41) is 4.03. The minimum absolute atomic E-state index is 0.351. The Bertz CT molecular complexity index is 484. The highest BCUT2D eigenvalue weighted by molar-refractivity contribution is 7.14. The topological polar surface area (TPSA) is 51.0 Å². The van der Waals surface area contributed by atoms with E-state index >= 15 is 4.39 Å². The van der Waals surface area contributed by atoms with E-state index < -0.39 is 5.79 Å². The maximum atomic E-state index is 15.2. The Morgan fingerprint density at radius 1 is 1.60 bits per heavy atom. The Labute approximate surface area is 122 Å². The van der Waals surface area contributed by atoms with Gasteiger partial charge in [-0.15, -0.1) is 16.4 Å². The van der Waals surface area contributed by atoms with Gasteiger partial charge in [0, 0.05) is 37.6 Å². The van der Waals surface area contributed by atoms with E-state index in [1.807, 2.05) is 5.38 Å². The number of methoxy groups -OCH3 is 1. The Morgan fingerprint density at radius 3 is 3.20 bits per heavy atom. The highest BCUT2D eigenvalue weighted by Gasteiger charge is 2.46. The van der Waals surface area contributed by atoms with E-state index in [4.69, 9.17) is 15.3 Å². The van der Waals surface area contributed by atoms with Gasteiger partial charge in [-0.3, -0.25) is 4.90 Å². The average Bonchev–Trinajstić information content (AvgIpc) is 3.00. The molecule has 7 heteroatoms. The number of rotatable bonds is 4. The zero-order valence-electron chi connectivity index (χ0n) is 11.6. The van der Waals surface area contributed by atoms with Gasteiger partial charge in [0.1, 0.15) is 0 Å². The molecule has 2 aliphatic rings. The molecule has 0 unspecified atom stereocenters. The fourth-order valence-corrected chi connectivity index (χ4v) is 3.55. The SMILES string of the molecule is COCCN1CCC[C@](F)(N2Cc3c(csc3N)O2)C1. The molecule has 2 aliphatic heterocycles. The first-order valence-corrected chi connectivity index (χ1v) is 7.72. The first-order valence-electron chi connectivity index (χ1n) is 6.84. The molecule has 112 valence electrons. The Hall–Kier alpha value is -0.890. The molecule has 0 amide bonds. The molecule has 0 aliphatic carbocycles. The van der Waals surface area contributed by atoms with Crippen LogP contribution in [0.3, 0.4) is 0 Å². The lowest BCUT2D eigenvalue weighted by Crippen LogP contribution is -2.56. The molecule has 0 spiro atoms. The van der Waals surface area contributed by atoms with Crippen LogP contribution < -0.4 is 10.6 Å². The molecule has 3 rings (SSSR count). The lowest BCUT2D eigenvalue weighted by molar-refractivity contribution is -0.216. The quantitative estimate of drug-likeness (QED) is 0.860. The number of hydrogen-bond donors (Lipinski definition) is 1. The summed E-state index contributed by atoms with van der Waals surface area (Å²) < 4.78 is 20.3. The number of nitrogens with zero attached hydrogens (tertiary/aromatic N) is 2. The number of thiophene rings is 1. The van der Waals surface area contributed by atoms with Crippen molar-refractivity contribution in [2.45, 2.75) is 25.2 Å². The van der Waals surface area contributed by atoms with Crippen LogP contribution in [0.4, 0.5) is 9.39 Å². The molecule has 0 radical (unpaired) electrons. The molecular weight excluding hydrogens is 281 g/mol. The summed E-state index contributed by atoms with van der Waals surface area (Å²) >= 11 is 1.44. The normalized spacial score (nSPS) is 27.5. The highest BCUT2D eigenvalue weighted by Crippen LogP contribution is 2.42. The average molecular weight is 301 g/mol. The van der Waals surface area contributed by atoms with Crippen LogP contribution in [0.5, 0.6) is 5.75 Å². The van der Waals surface area contributed by atoms with Gasteiger partial charge in [-0.1, -0.05) is 0 Å². The number of nitrogen functional groups attached to an aromatic ring is 1. The summed E-state index contributed by atoms with van der Waals surface area (Å²) in [4.78, 5) is 7.74. The lowest BCUT2D eigenvalue weighted by Gasteiger charge is -2.41. The van der Waals surface area contributed by atoms with Crippen LogP contribution in [0.15, 0.2) is 5.38 Å². The predicted molar refractivity (Wildman–Crippen MR) is 76.3 cm³/mol. The highest BCUT2D eigenvalue weighted by atomic mass is 32.1. The predicted octanol–water partition coefficient (Wildman–Crippen LogP) is 1.85. The minimum atomic E-state index is -1.45. The summed E-state index contributed by atoms with van der Waals surface area (Å²) in [7, 11) is 1.66. The van der Waals surface area contributed by atoms with Crippen molar-refractivity contribution in [1.29, 1.82) is 0 Å². The van der Waals surface area contributed by atoms with Crippen molar-refractivity contribution in [2.24, 2.45) is 0 Å². The second-order valence-corrected chi connectivity index (χ2v) is 6.27. The number of fused-ring (bicyclic) bond motifs is 1. The zero-order valence-corrected chi connectivity index (χ0v) is 12.4. The first-order chi connectivity index (χ1) is 9.62. The van der Waals surface area contributed by atoms with Crippen LogP contribution in [-0.4, -0.2) is 49.1 Å². The Balaban J connectivity index is 1.67. The van der Waals surface area contributed by atoms with Crippen LogP contribution in [0.1, 0.15) is 18.4 Å². The molecule has 1 aromatic heterocycles. The zero-order chi connectivity index (χ0) is 14.2. The Kier molecular flexibility index (Phi) is 3.85. The summed E-state index contributed by atoms with van der Waals surface area (Å²) in [5.41, 5.74) is 6.80. The van der Waals surface area contributed by atoms with E-state index in [0.717, 1.165) is 30.1 Å². The number of halogens is 1. The van der Waals surface area contributed by atoms with Crippen molar-refractivity contribution in [3.05, 3.63) is 10.9 Å². The molecule has 0 saturated carbocycles. The molecular formula is C13H20FN3O2S. The van der Waals surface area contributed by atoms with Gasteiger partial charge in [0.25, 0.3) is 0 Å². The number of ether oxygens (including phenoxy) is 1. The fourth-order valence-electron chi connectivity index (χ4n) is 2.82. The summed E-state index contributed by atoms with van der Waals surface area (Å²) in [6.07, 6.45) is 1.31. The van der Waals surface area contributed by atoms with E-state index in [1.54, 1.807) is 7.11 Å². The van der Waals surface area contributed by atoms with Crippen molar-refractivity contribution in [2.75, 3.05) is 39.1 Å². The lowest BCUT2D eigenvalue weighted by atomic mass is 10.0. The van der Waals surface area contributed by atoms with Crippen LogP contribution in [0, 0.1) is 0 Å². The molecule has 1 fully saturated rings. The minimum Gasteiger partial charge on any atom is -0.401 e. The number of alkyl halides is 1. The van der Waals surface area contributed by atoms with Gasteiger partial charge in [0.15, 0.2) is 5.75 Å². The van der Waals surface area contributed by atoms with E-state index in [-0.39, 0.29) is 0 Å². The number of nitrogens with two attached hydrogens (primary N) is 1. The van der Waals surface area contributed by atoms with Crippen molar-refractivity contribution in [3.63, 3.8) is 0 Å². The second-order valence-electron chi connectivity index (χ2n) is 5.36. The van der Waals surface area contributed by atoms with Gasteiger partial charge in [-0.25, -0.2) is 4.39 Å². The van der Waals surface area contributed by atoms with Gasteiger partial charge in [0.05, 0.1) is 18.2 Å². The largest absolute Gasteiger partial charge is 0.401 e. The van der Waals surface area contributed by atoms with E-state index in [1.165, 1.54) is 16.4 Å². The van der Waals surface area contributed by atoms with Crippen molar-refractivity contribution in [1.82, 2.24) is 9.96 Å². The molecule has 1 atom stereocenters. The molecule has 1 aromatic rings. The van der Waals surface area contributed by atoms with Crippen molar-refractivity contribution in [3.8, 4) is 5.75 Å². The molecule has 20 heavy (non-hydrogen) atoms. The number of likely N-dealkylation sites (tertiary alicyclic amines) is 1. The third kappa shape index (κ3) is 2.50. The molecule has 2 N–H and O–H groups in total. The van der Waals surface area contributed by atoms with Gasteiger partial charge >= 0.3 is 0 Å². The van der Waals surface area contributed by atoms with Crippen molar-refractivity contribution < 1.29 is 14.0 Å². The number of hydroxylamine groups is 2. The third-order valence-corrected chi connectivity index (χ3v) is 4.79. The molecule has 3 heterocycles. The third-order valence-electron chi connectivity index (χ3n) is 3.96. The molecule has 1 saturated heterocycles. The number of hydrogen-bond acceptors (Lipinski definition) is 6. The van der Waals surface area contributed by atoms with Gasteiger partial charge in [-0.05, 0) is 13.0 Å². The fraction of sp³-hybridized carbons (Fsp3) is 0.692. The van der Waals surface area contributed by atoms with E-state index in [2.05, 4.69) is 4.90 Å². The monoisotopic (exact) mass is 301 g/mol. The second kappa shape index (κ2) is 5.48. The van der Waals surface area contributed by atoms with Crippen LogP contribution in [-0.2, 0) is 11.3 Å². The van der Waals surface area contributed by atoms with Crippen LogP contribution in [0.25, 0.3) is 0 Å². The van der Waals surface area contributed by atoms with Crippen molar-refractivity contribution >= 4 is 16.3 Å². The Morgan fingerprint density at radius 2 is 2.45 bits per heavy atom. The van der Waals surface area contributed by atoms with Crippen LogP contribution in [0.2, 0.25) is 0 Å². The maximum Gasteiger partial charge on any atom is 0.208 e. The van der Waals surface area contributed by atoms with E-state index in [9.17, 15) is 0 Å². The van der Waals surface area contributed by atoms with Gasteiger partial charge < -0.3 is 15.3 Å². The summed E-state index contributed by atoms with van der Waals surface area (Å²) in [6, 6.07) is 0. The van der Waals surface area contributed by atoms with Crippen LogP contribution >= 0.6 is 11.3 Å². The summed E-state index contributed by atoms with van der Waals surface area (Å²) in [6.45, 7) is 3.06. The number of piperidine rings is 1. The van der Waals surface area contributed by atoms with Gasteiger partial charge in [0.2, 0.25) is 5.79 Å². The molecule has 0 aromatic carbocycles. The smallest absolute Gasteiger partial charge is 0.208 e. The molecule has 0 bridgehead atoms.